The second kappa shape index (κ2) is 9.89. The van der Waals surface area contributed by atoms with Crippen LogP contribution >= 0.6 is 0 Å². The molecular weight excluding hydrogens is 453 g/mol. The van der Waals surface area contributed by atoms with Gasteiger partial charge in [0.2, 0.25) is 11.7 Å². The minimum Gasteiger partial charge on any atom is -0.494 e. The zero-order valence-electron chi connectivity index (χ0n) is 20.3. The van der Waals surface area contributed by atoms with Gasteiger partial charge in [-0.25, -0.2) is 13.6 Å². The van der Waals surface area contributed by atoms with Crippen LogP contribution in [-0.2, 0) is 26.1 Å². The van der Waals surface area contributed by atoms with Crippen molar-refractivity contribution in [3.63, 3.8) is 0 Å². The highest BCUT2D eigenvalue weighted by molar-refractivity contribution is 5.75. The molecule has 0 aliphatic carbocycles. The summed E-state index contributed by atoms with van der Waals surface area (Å²) in [6.07, 6.45) is 2.98. The fourth-order valence-electron chi connectivity index (χ4n) is 4.43. The lowest BCUT2D eigenvalue weighted by Crippen LogP contribution is -2.41. The normalized spacial score (nSPS) is 11.7. The fourth-order valence-corrected chi connectivity index (χ4v) is 4.43. The number of fused-ring (bicyclic) bond motifs is 3. The Morgan fingerprint density at radius 2 is 1.54 bits per heavy atom. The van der Waals surface area contributed by atoms with Crippen LogP contribution in [0.4, 0.5) is 4.39 Å². The van der Waals surface area contributed by atoms with Crippen molar-refractivity contribution in [3.8, 4) is 5.88 Å². The third-order valence-electron chi connectivity index (χ3n) is 6.16. The molecular formula is C25H30FN5O4. The predicted molar refractivity (Wildman–Crippen MR) is 132 cm³/mol. The quantitative estimate of drug-likeness (QED) is 0.394. The molecule has 3 heterocycles. The Hall–Kier alpha value is -3.69. The molecule has 1 N–H and O–H groups in total. The number of nitrogens with zero attached hydrogens (tertiary/aromatic N) is 5. The summed E-state index contributed by atoms with van der Waals surface area (Å²) in [7, 11) is 0. The van der Waals surface area contributed by atoms with Crippen molar-refractivity contribution in [2.75, 3.05) is 0 Å². The van der Waals surface area contributed by atoms with Gasteiger partial charge in [0.25, 0.3) is 11.1 Å². The van der Waals surface area contributed by atoms with E-state index in [4.69, 9.17) is 0 Å². The van der Waals surface area contributed by atoms with Crippen molar-refractivity contribution in [2.24, 2.45) is 0 Å². The van der Waals surface area contributed by atoms with Crippen LogP contribution in [0.15, 0.2) is 38.6 Å². The summed E-state index contributed by atoms with van der Waals surface area (Å²) in [5, 5.41) is 11.2. The highest BCUT2D eigenvalue weighted by Crippen LogP contribution is 2.23. The van der Waals surface area contributed by atoms with Crippen molar-refractivity contribution in [1.29, 1.82) is 0 Å². The molecule has 1 aromatic carbocycles. The first kappa shape index (κ1) is 24.4. The Labute approximate surface area is 200 Å². The fraction of sp³-hybridized carbons (Fsp3) is 0.440. The Balaban J connectivity index is 2.16. The number of hydrogen-bond acceptors (Lipinski definition) is 5. The largest absolute Gasteiger partial charge is 0.494 e. The summed E-state index contributed by atoms with van der Waals surface area (Å²) < 4.78 is 18.7. The summed E-state index contributed by atoms with van der Waals surface area (Å²) in [6, 6.07) is 5.79. The molecule has 0 saturated heterocycles. The maximum Gasteiger partial charge on any atom is 0.332 e. The molecule has 0 spiro atoms. The molecule has 0 atom stereocenters. The molecule has 3 aromatic heterocycles. The first-order valence-corrected chi connectivity index (χ1v) is 12.1. The lowest BCUT2D eigenvalue weighted by molar-refractivity contribution is 0.410. The molecule has 4 aromatic rings. The third-order valence-corrected chi connectivity index (χ3v) is 6.16. The molecule has 10 heteroatoms. The zero-order chi connectivity index (χ0) is 25.3. The second-order valence-corrected chi connectivity index (χ2v) is 8.73. The van der Waals surface area contributed by atoms with Crippen molar-refractivity contribution < 1.29 is 9.50 Å². The van der Waals surface area contributed by atoms with Gasteiger partial charge in [0, 0.05) is 13.1 Å². The van der Waals surface area contributed by atoms with Gasteiger partial charge in [-0.1, -0.05) is 39.3 Å². The number of aromatic hydroxyl groups is 1. The van der Waals surface area contributed by atoms with E-state index in [-0.39, 0.29) is 41.5 Å². The third kappa shape index (κ3) is 4.17. The van der Waals surface area contributed by atoms with Gasteiger partial charge in [-0.05, 0) is 43.4 Å². The van der Waals surface area contributed by atoms with E-state index in [9.17, 15) is 23.9 Å². The average Bonchev–Trinajstić information content (AvgIpc) is 3.24. The summed E-state index contributed by atoms with van der Waals surface area (Å²) in [6.45, 7) is 6.39. The van der Waals surface area contributed by atoms with E-state index in [1.54, 1.807) is 12.1 Å². The van der Waals surface area contributed by atoms with Gasteiger partial charge in [-0.3, -0.25) is 23.3 Å². The molecule has 0 saturated carbocycles. The molecule has 4 rings (SSSR count). The predicted octanol–water partition coefficient (Wildman–Crippen LogP) is 3.03. The van der Waals surface area contributed by atoms with E-state index in [2.05, 4.69) is 4.98 Å². The monoisotopic (exact) mass is 483 g/mol. The van der Waals surface area contributed by atoms with Gasteiger partial charge in [-0.2, -0.15) is 4.98 Å². The van der Waals surface area contributed by atoms with Crippen LogP contribution in [0.1, 0.15) is 57.6 Å². The number of aromatic nitrogens is 5. The highest BCUT2D eigenvalue weighted by atomic mass is 19.1. The summed E-state index contributed by atoms with van der Waals surface area (Å²) in [4.78, 5) is 44.8. The minimum atomic E-state index is -0.579. The molecule has 0 aliphatic heterocycles. The van der Waals surface area contributed by atoms with Crippen LogP contribution < -0.4 is 16.8 Å². The summed E-state index contributed by atoms with van der Waals surface area (Å²) in [5.74, 6) is -0.574. The number of rotatable bonds is 9. The second-order valence-electron chi connectivity index (χ2n) is 8.73. The Morgan fingerprint density at radius 3 is 2.17 bits per heavy atom. The highest BCUT2D eigenvalue weighted by Gasteiger charge is 2.25. The van der Waals surface area contributed by atoms with E-state index >= 15 is 0 Å². The van der Waals surface area contributed by atoms with Crippen molar-refractivity contribution >= 4 is 16.9 Å². The number of halogens is 1. The zero-order valence-corrected chi connectivity index (χ0v) is 20.3. The molecule has 186 valence electrons. The number of imidazole rings is 1. The van der Waals surface area contributed by atoms with E-state index in [0.29, 0.717) is 37.8 Å². The Kier molecular flexibility index (Phi) is 6.90. The molecule has 0 aliphatic rings. The maximum atomic E-state index is 13.6. The summed E-state index contributed by atoms with van der Waals surface area (Å²) >= 11 is 0. The van der Waals surface area contributed by atoms with Gasteiger partial charge >= 0.3 is 5.69 Å². The molecule has 0 amide bonds. The van der Waals surface area contributed by atoms with E-state index < -0.39 is 22.6 Å². The lowest BCUT2D eigenvalue weighted by atomic mass is 10.1. The van der Waals surface area contributed by atoms with Crippen LogP contribution in [0, 0.1) is 5.82 Å². The molecule has 0 radical (unpaired) electrons. The van der Waals surface area contributed by atoms with E-state index in [1.807, 2.05) is 20.8 Å². The van der Waals surface area contributed by atoms with Gasteiger partial charge in [0.05, 0.1) is 12.1 Å². The SMILES string of the molecule is CCCCc1c(O)n(Cc2ccc(F)cc2)c2nc3c(c(=O)n(CCC)c(=O)n3CCC)n2c1=O. The molecule has 0 unspecified atom stereocenters. The number of benzene rings is 1. The Morgan fingerprint density at radius 1 is 0.886 bits per heavy atom. The lowest BCUT2D eigenvalue weighted by Gasteiger charge is -2.15. The molecule has 0 fully saturated rings. The number of unbranched alkanes of at least 4 members (excludes halogenated alkanes) is 1. The van der Waals surface area contributed by atoms with E-state index in [0.717, 1.165) is 11.0 Å². The standard InChI is InChI=1S/C25H30FN5O4/c1-4-7-8-18-21(32)30(15-16-9-11-17(26)12-10-16)24-27-20-19(31(24)22(18)33)23(34)29(14-6-3)25(35)28(20)13-5-2/h9-12,32H,4-8,13-15H2,1-3H3. The first-order chi connectivity index (χ1) is 16.8. The van der Waals surface area contributed by atoms with E-state index in [1.165, 1.54) is 25.7 Å². The van der Waals surface area contributed by atoms with Gasteiger partial charge in [0.1, 0.15) is 5.82 Å². The van der Waals surface area contributed by atoms with Crippen LogP contribution in [0.25, 0.3) is 16.9 Å². The molecule has 35 heavy (non-hydrogen) atoms. The smallest absolute Gasteiger partial charge is 0.332 e. The number of aryl methyl sites for hydroxylation is 1. The summed E-state index contributed by atoms with van der Waals surface area (Å²) in [5.41, 5.74) is -0.577. The van der Waals surface area contributed by atoms with Crippen molar-refractivity contribution in [3.05, 3.63) is 72.4 Å². The van der Waals surface area contributed by atoms with Crippen LogP contribution in [0.5, 0.6) is 5.88 Å². The van der Waals surface area contributed by atoms with Crippen LogP contribution in [0.2, 0.25) is 0 Å². The van der Waals surface area contributed by atoms with Gasteiger partial charge in [-0.15, -0.1) is 0 Å². The first-order valence-electron chi connectivity index (χ1n) is 12.1. The minimum absolute atomic E-state index is 0.0251. The van der Waals surface area contributed by atoms with Crippen LogP contribution in [-0.4, -0.2) is 28.2 Å². The number of hydrogen-bond donors (Lipinski definition) is 1. The molecule has 0 bridgehead atoms. The van der Waals surface area contributed by atoms with Crippen molar-refractivity contribution in [1.82, 2.24) is 23.1 Å². The van der Waals surface area contributed by atoms with Crippen molar-refractivity contribution in [2.45, 2.75) is 72.5 Å². The topological polar surface area (TPSA) is 104 Å². The van der Waals surface area contributed by atoms with Crippen LogP contribution in [0.3, 0.4) is 0 Å². The molecule has 9 nitrogen and oxygen atoms in total. The van der Waals surface area contributed by atoms with Gasteiger partial charge < -0.3 is 5.11 Å². The van der Waals surface area contributed by atoms with Gasteiger partial charge in [0.15, 0.2) is 11.2 Å². The maximum absolute atomic E-state index is 13.6. The Bertz CT molecular complexity index is 1560. The average molecular weight is 484 g/mol.